The third-order valence-electron chi connectivity index (χ3n) is 2.01. The molecule has 0 unspecified atom stereocenters. The van der Waals surface area contributed by atoms with Gasteiger partial charge in [0, 0.05) is 11.1 Å². The Morgan fingerprint density at radius 3 is 3.00 bits per heavy atom. The Kier molecular flexibility index (Phi) is 3.34. The average molecular weight is 249 g/mol. The number of carboxylic acid groups (broad SMARTS) is 1. The first-order valence-corrected chi connectivity index (χ1v) is 5.88. The van der Waals surface area contributed by atoms with E-state index in [4.69, 9.17) is 5.11 Å². The van der Waals surface area contributed by atoms with Crippen molar-refractivity contribution in [1.29, 1.82) is 0 Å². The zero-order valence-corrected chi connectivity index (χ0v) is 9.99. The quantitative estimate of drug-likeness (QED) is 0.869. The second-order valence-electron chi connectivity index (χ2n) is 3.50. The topological polar surface area (TPSA) is 75.1 Å². The van der Waals surface area contributed by atoms with Gasteiger partial charge in [0.1, 0.15) is 5.82 Å². The Morgan fingerprint density at radius 1 is 1.47 bits per heavy atom. The summed E-state index contributed by atoms with van der Waals surface area (Å²) in [6.07, 6.45) is -0.0561. The number of nitrogens with zero attached hydrogens (tertiary/aromatic N) is 2. The highest BCUT2D eigenvalue weighted by Gasteiger charge is 2.06. The lowest BCUT2D eigenvalue weighted by molar-refractivity contribution is -0.136. The Hall–Kier alpha value is -1.95. The molecule has 0 aromatic carbocycles. The van der Waals surface area contributed by atoms with Gasteiger partial charge in [-0.15, -0.1) is 11.3 Å². The fraction of sp³-hybridized carbons (Fsp3) is 0.182. The zero-order chi connectivity index (χ0) is 12.3. The maximum Gasteiger partial charge on any atom is 0.309 e. The highest BCUT2D eigenvalue weighted by atomic mass is 32.1. The summed E-state index contributed by atoms with van der Waals surface area (Å²) < 4.78 is 0. The van der Waals surface area contributed by atoms with Crippen molar-refractivity contribution in [2.45, 2.75) is 13.3 Å². The zero-order valence-electron chi connectivity index (χ0n) is 9.17. The molecule has 0 aliphatic rings. The minimum absolute atomic E-state index is 0.0561. The summed E-state index contributed by atoms with van der Waals surface area (Å²) in [6, 6.07) is 5.64. The highest BCUT2D eigenvalue weighted by Crippen LogP contribution is 2.19. The van der Waals surface area contributed by atoms with Crippen LogP contribution in [-0.2, 0) is 11.2 Å². The number of pyridine rings is 1. The fourth-order valence-corrected chi connectivity index (χ4v) is 2.04. The van der Waals surface area contributed by atoms with Gasteiger partial charge in [0.05, 0.1) is 12.1 Å². The second kappa shape index (κ2) is 4.92. The van der Waals surface area contributed by atoms with Crippen LogP contribution in [0.2, 0.25) is 0 Å². The lowest BCUT2D eigenvalue weighted by atomic mass is 10.3. The molecule has 0 aliphatic heterocycles. The fourth-order valence-electron chi connectivity index (χ4n) is 1.32. The summed E-state index contributed by atoms with van der Waals surface area (Å²) in [7, 11) is 0. The molecule has 0 fully saturated rings. The van der Waals surface area contributed by atoms with Gasteiger partial charge in [-0.3, -0.25) is 4.79 Å². The Labute approximate surface area is 102 Å². The molecule has 2 aromatic heterocycles. The van der Waals surface area contributed by atoms with E-state index in [2.05, 4.69) is 15.3 Å². The molecule has 0 radical (unpaired) electrons. The summed E-state index contributed by atoms with van der Waals surface area (Å²) >= 11 is 1.37. The van der Waals surface area contributed by atoms with Crippen LogP contribution in [0, 0.1) is 6.92 Å². The van der Waals surface area contributed by atoms with Crippen molar-refractivity contribution >= 4 is 28.3 Å². The lowest BCUT2D eigenvalue weighted by Crippen LogP contribution is -2.00. The van der Waals surface area contributed by atoms with Crippen molar-refractivity contribution in [2.24, 2.45) is 0 Å². The number of hydrogen-bond donors (Lipinski definition) is 2. The smallest absolute Gasteiger partial charge is 0.309 e. The number of carboxylic acids is 1. The van der Waals surface area contributed by atoms with Gasteiger partial charge < -0.3 is 10.4 Å². The molecule has 88 valence electrons. The number of aryl methyl sites for hydroxylation is 1. The largest absolute Gasteiger partial charge is 0.481 e. The van der Waals surface area contributed by atoms with Crippen molar-refractivity contribution in [1.82, 2.24) is 9.97 Å². The van der Waals surface area contributed by atoms with E-state index in [0.717, 1.165) is 5.69 Å². The molecule has 0 spiro atoms. The van der Waals surface area contributed by atoms with Gasteiger partial charge in [-0.25, -0.2) is 9.97 Å². The summed E-state index contributed by atoms with van der Waals surface area (Å²) in [5.74, 6) is -0.170. The second-order valence-corrected chi connectivity index (χ2v) is 4.36. The molecule has 0 saturated carbocycles. The molecule has 0 saturated heterocycles. The molecule has 2 heterocycles. The first kappa shape index (κ1) is 11.5. The van der Waals surface area contributed by atoms with Crippen LogP contribution in [0.4, 0.5) is 10.9 Å². The number of rotatable bonds is 4. The van der Waals surface area contributed by atoms with Crippen molar-refractivity contribution in [3.8, 4) is 0 Å². The number of nitrogens with one attached hydrogen (secondary N) is 1. The van der Waals surface area contributed by atoms with Gasteiger partial charge in [-0.1, -0.05) is 6.07 Å². The first-order chi connectivity index (χ1) is 8.13. The minimum Gasteiger partial charge on any atom is -0.481 e. The molecule has 5 nitrogen and oxygen atoms in total. The van der Waals surface area contributed by atoms with E-state index in [0.29, 0.717) is 16.6 Å². The van der Waals surface area contributed by atoms with E-state index in [-0.39, 0.29) is 6.42 Å². The van der Waals surface area contributed by atoms with Gasteiger partial charge in [-0.2, -0.15) is 0 Å². The summed E-state index contributed by atoms with van der Waals surface area (Å²) in [5, 5.41) is 14.1. The van der Waals surface area contributed by atoms with Crippen LogP contribution in [0.15, 0.2) is 23.6 Å². The van der Waals surface area contributed by atoms with Gasteiger partial charge in [-0.05, 0) is 19.1 Å². The third kappa shape index (κ3) is 3.25. The summed E-state index contributed by atoms with van der Waals surface area (Å²) in [5.41, 5.74) is 1.47. The van der Waals surface area contributed by atoms with Crippen molar-refractivity contribution in [3.05, 3.63) is 35.0 Å². The molecular formula is C11H11N3O2S. The van der Waals surface area contributed by atoms with Crippen LogP contribution in [0.1, 0.15) is 11.4 Å². The molecule has 6 heteroatoms. The average Bonchev–Trinajstić information content (AvgIpc) is 2.64. The van der Waals surface area contributed by atoms with E-state index in [1.165, 1.54) is 11.3 Å². The molecule has 0 atom stereocenters. The summed E-state index contributed by atoms with van der Waals surface area (Å²) in [6.45, 7) is 1.91. The van der Waals surface area contributed by atoms with Crippen molar-refractivity contribution < 1.29 is 9.90 Å². The van der Waals surface area contributed by atoms with Crippen LogP contribution in [0.3, 0.4) is 0 Å². The SMILES string of the molecule is Cc1cccc(Nc2nc(CC(=O)O)cs2)n1. The predicted molar refractivity (Wildman–Crippen MR) is 65.7 cm³/mol. The molecule has 0 aliphatic carbocycles. The van der Waals surface area contributed by atoms with Crippen LogP contribution in [-0.4, -0.2) is 21.0 Å². The standard InChI is InChI=1S/C11H11N3O2S/c1-7-3-2-4-9(12-7)14-11-13-8(6-17-11)5-10(15)16/h2-4,6H,5H2,1H3,(H,15,16)(H,12,13,14). The van der Waals surface area contributed by atoms with Gasteiger partial charge in [0.15, 0.2) is 5.13 Å². The minimum atomic E-state index is -0.879. The molecule has 2 aromatic rings. The number of thiazole rings is 1. The predicted octanol–water partition coefficient (Wildman–Crippen LogP) is 2.22. The van der Waals surface area contributed by atoms with Crippen molar-refractivity contribution in [2.75, 3.05) is 5.32 Å². The van der Waals surface area contributed by atoms with Gasteiger partial charge in [0.25, 0.3) is 0 Å². The third-order valence-corrected chi connectivity index (χ3v) is 2.81. The number of hydrogen-bond acceptors (Lipinski definition) is 5. The van der Waals surface area contributed by atoms with E-state index in [1.807, 2.05) is 25.1 Å². The summed E-state index contributed by atoms with van der Waals surface area (Å²) in [4.78, 5) is 19.0. The van der Waals surface area contributed by atoms with Gasteiger partial charge >= 0.3 is 5.97 Å². The van der Waals surface area contributed by atoms with E-state index < -0.39 is 5.97 Å². The van der Waals surface area contributed by atoms with E-state index in [9.17, 15) is 4.79 Å². The maximum atomic E-state index is 10.5. The molecule has 0 bridgehead atoms. The van der Waals surface area contributed by atoms with Crippen LogP contribution >= 0.6 is 11.3 Å². The van der Waals surface area contributed by atoms with Crippen LogP contribution in [0.5, 0.6) is 0 Å². The van der Waals surface area contributed by atoms with Crippen LogP contribution < -0.4 is 5.32 Å². The van der Waals surface area contributed by atoms with E-state index in [1.54, 1.807) is 5.38 Å². The number of aliphatic carboxylic acids is 1. The number of aromatic nitrogens is 2. The van der Waals surface area contributed by atoms with Gasteiger partial charge in [0.2, 0.25) is 0 Å². The Bertz CT molecular complexity index is 539. The monoisotopic (exact) mass is 249 g/mol. The number of anilines is 2. The Balaban J connectivity index is 2.08. The first-order valence-electron chi connectivity index (χ1n) is 5.00. The van der Waals surface area contributed by atoms with E-state index >= 15 is 0 Å². The normalized spacial score (nSPS) is 10.2. The molecule has 17 heavy (non-hydrogen) atoms. The van der Waals surface area contributed by atoms with Crippen molar-refractivity contribution in [3.63, 3.8) is 0 Å². The lowest BCUT2D eigenvalue weighted by Gasteiger charge is -2.01. The Morgan fingerprint density at radius 2 is 2.29 bits per heavy atom. The molecule has 2 N–H and O–H groups in total. The molecule has 0 amide bonds. The van der Waals surface area contributed by atoms with Crippen LogP contribution in [0.25, 0.3) is 0 Å². The molecular weight excluding hydrogens is 238 g/mol. The maximum absolute atomic E-state index is 10.5. The number of carbonyl (C=O) groups is 1. The molecule has 2 rings (SSSR count). The highest BCUT2D eigenvalue weighted by molar-refractivity contribution is 7.13.